The Hall–Kier alpha value is -4.42. The van der Waals surface area contributed by atoms with E-state index in [0.717, 1.165) is 20.7 Å². The minimum Gasteiger partial charge on any atom is -0.478 e. The summed E-state index contributed by atoms with van der Waals surface area (Å²) in [6, 6.07) is 30.0. The average molecular weight is 507 g/mol. The van der Waals surface area contributed by atoms with Gasteiger partial charge in [-0.15, -0.1) is 0 Å². The molecule has 0 aliphatic heterocycles. The first-order valence-electron chi connectivity index (χ1n) is 11.8. The number of hydrogen-bond donors (Lipinski definition) is 1. The van der Waals surface area contributed by atoms with E-state index in [1.807, 2.05) is 66.7 Å². The van der Waals surface area contributed by atoms with Crippen molar-refractivity contribution in [3.63, 3.8) is 0 Å². The van der Waals surface area contributed by atoms with Crippen molar-refractivity contribution in [3.05, 3.63) is 119 Å². The molecule has 0 fully saturated rings. The standard InChI is InChI=1S/C31H26O5Si/c1-20(32)27-16-14-25(18-29(27)21(2)33)37(23-10-6-4-7-11-23,24-12-8-5-9-13-24)26-15-17-28(31(35)36)30(19-26)22(3)34/h4-19H,1-3H3,(H,35,36). The third-order valence-corrected chi connectivity index (χ3v) is 11.4. The van der Waals surface area contributed by atoms with Gasteiger partial charge in [0.15, 0.2) is 25.4 Å². The van der Waals surface area contributed by atoms with Crippen LogP contribution in [0.1, 0.15) is 62.2 Å². The predicted molar refractivity (Wildman–Crippen MR) is 147 cm³/mol. The van der Waals surface area contributed by atoms with Crippen molar-refractivity contribution in [1.29, 1.82) is 0 Å². The fourth-order valence-electron chi connectivity index (χ4n) is 5.01. The van der Waals surface area contributed by atoms with E-state index in [9.17, 15) is 24.3 Å². The van der Waals surface area contributed by atoms with Gasteiger partial charge in [0.05, 0.1) is 5.56 Å². The maximum absolute atomic E-state index is 12.7. The van der Waals surface area contributed by atoms with E-state index in [2.05, 4.69) is 0 Å². The van der Waals surface area contributed by atoms with E-state index < -0.39 is 14.0 Å². The molecule has 4 rings (SSSR count). The molecule has 0 aliphatic rings. The van der Waals surface area contributed by atoms with Gasteiger partial charge in [-0.1, -0.05) is 91.0 Å². The van der Waals surface area contributed by atoms with Crippen molar-refractivity contribution < 1.29 is 24.3 Å². The fourth-order valence-corrected chi connectivity index (χ4v) is 9.78. The van der Waals surface area contributed by atoms with Gasteiger partial charge in [0.25, 0.3) is 0 Å². The number of hydrogen-bond acceptors (Lipinski definition) is 4. The second kappa shape index (κ2) is 10.3. The summed E-state index contributed by atoms with van der Waals surface area (Å²) >= 11 is 0. The van der Waals surface area contributed by atoms with Gasteiger partial charge in [-0.3, -0.25) is 14.4 Å². The molecular weight excluding hydrogens is 480 g/mol. The lowest BCUT2D eigenvalue weighted by molar-refractivity contribution is 0.0692. The van der Waals surface area contributed by atoms with Crippen LogP contribution in [0.3, 0.4) is 0 Å². The number of Topliss-reactive ketones (excluding diaryl/α,β-unsaturated/α-hetero) is 3. The molecule has 1 N–H and O–H groups in total. The monoisotopic (exact) mass is 506 g/mol. The molecule has 0 amide bonds. The number of aromatic carboxylic acids is 1. The lowest BCUT2D eigenvalue weighted by Crippen LogP contribution is -2.75. The first-order chi connectivity index (χ1) is 17.7. The van der Waals surface area contributed by atoms with Gasteiger partial charge in [-0.2, -0.15) is 0 Å². The molecule has 184 valence electrons. The van der Waals surface area contributed by atoms with Crippen LogP contribution < -0.4 is 20.7 Å². The highest BCUT2D eigenvalue weighted by atomic mass is 28.3. The normalized spacial score (nSPS) is 11.1. The highest BCUT2D eigenvalue weighted by molar-refractivity contribution is 7.20. The molecule has 0 unspecified atom stereocenters. The van der Waals surface area contributed by atoms with E-state index in [1.165, 1.54) is 26.8 Å². The lowest BCUT2D eigenvalue weighted by Gasteiger charge is -2.35. The van der Waals surface area contributed by atoms with Crippen molar-refractivity contribution in [2.24, 2.45) is 0 Å². The average Bonchev–Trinajstić information content (AvgIpc) is 2.90. The molecule has 0 spiro atoms. The highest BCUT2D eigenvalue weighted by Crippen LogP contribution is 2.17. The molecule has 37 heavy (non-hydrogen) atoms. The minimum absolute atomic E-state index is 0.0587. The summed E-state index contributed by atoms with van der Waals surface area (Å²) < 4.78 is 0. The van der Waals surface area contributed by atoms with Gasteiger partial charge in [-0.25, -0.2) is 4.79 Å². The lowest BCUT2D eigenvalue weighted by atomic mass is 10.0. The number of rotatable bonds is 8. The van der Waals surface area contributed by atoms with Crippen molar-refractivity contribution in [1.82, 2.24) is 0 Å². The Balaban J connectivity index is 2.21. The zero-order valence-electron chi connectivity index (χ0n) is 20.8. The Morgan fingerprint density at radius 2 is 0.865 bits per heavy atom. The van der Waals surface area contributed by atoms with Gasteiger partial charge in [0.2, 0.25) is 0 Å². The Bertz CT molecular complexity index is 1410. The molecule has 0 atom stereocenters. The third kappa shape index (κ3) is 4.59. The number of benzene rings is 4. The molecule has 0 aliphatic carbocycles. The Labute approximate surface area is 216 Å². The molecule has 0 saturated heterocycles. The first-order valence-corrected chi connectivity index (χ1v) is 13.8. The maximum atomic E-state index is 12.7. The summed E-state index contributed by atoms with van der Waals surface area (Å²) in [6.45, 7) is 4.23. The van der Waals surface area contributed by atoms with Crippen molar-refractivity contribution in [2.75, 3.05) is 0 Å². The van der Waals surface area contributed by atoms with Crippen LogP contribution in [-0.4, -0.2) is 36.5 Å². The molecule has 0 aromatic heterocycles. The van der Waals surface area contributed by atoms with E-state index in [0.29, 0.717) is 11.1 Å². The van der Waals surface area contributed by atoms with Crippen LogP contribution in [-0.2, 0) is 0 Å². The minimum atomic E-state index is -3.18. The van der Waals surface area contributed by atoms with Crippen LogP contribution in [0.5, 0.6) is 0 Å². The van der Waals surface area contributed by atoms with Crippen LogP contribution in [0.15, 0.2) is 97.1 Å². The second-order valence-electron chi connectivity index (χ2n) is 8.98. The maximum Gasteiger partial charge on any atom is 0.336 e. The van der Waals surface area contributed by atoms with Crippen LogP contribution >= 0.6 is 0 Å². The van der Waals surface area contributed by atoms with Gasteiger partial charge in [0, 0.05) is 16.7 Å². The first kappa shape index (κ1) is 25.7. The number of carboxylic acids is 1. The molecule has 0 heterocycles. The van der Waals surface area contributed by atoms with Crippen LogP contribution in [0, 0.1) is 0 Å². The third-order valence-electron chi connectivity index (χ3n) is 6.69. The van der Waals surface area contributed by atoms with E-state index in [1.54, 1.807) is 24.3 Å². The number of ketones is 3. The van der Waals surface area contributed by atoms with E-state index in [-0.39, 0.29) is 28.5 Å². The van der Waals surface area contributed by atoms with Gasteiger partial charge >= 0.3 is 5.97 Å². The largest absolute Gasteiger partial charge is 0.478 e. The predicted octanol–water partition coefficient (Wildman–Crippen LogP) is 3.37. The molecular formula is C31H26O5Si. The van der Waals surface area contributed by atoms with E-state index in [4.69, 9.17) is 0 Å². The quantitative estimate of drug-likeness (QED) is 0.225. The van der Waals surface area contributed by atoms with Crippen LogP contribution in [0.2, 0.25) is 0 Å². The zero-order valence-corrected chi connectivity index (χ0v) is 21.8. The Kier molecular flexibility index (Phi) is 7.13. The zero-order chi connectivity index (χ0) is 26.7. The molecule has 4 aromatic carbocycles. The topological polar surface area (TPSA) is 88.5 Å². The molecule has 4 aromatic rings. The SMILES string of the molecule is CC(=O)c1ccc([Si](c2ccccc2)(c2ccccc2)c2ccc(C(=O)O)c(C(C)=O)c2)cc1C(C)=O. The smallest absolute Gasteiger partial charge is 0.336 e. The van der Waals surface area contributed by atoms with Crippen molar-refractivity contribution in [2.45, 2.75) is 20.8 Å². The molecule has 5 nitrogen and oxygen atoms in total. The number of carbonyl (C=O) groups excluding carboxylic acids is 3. The summed E-state index contributed by atoms with van der Waals surface area (Å²) in [7, 11) is -3.18. The molecule has 6 heteroatoms. The van der Waals surface area contributed by atoms with Crippen LogP contribution in [0.4, 0.5) is 0 Å². The summed E-state index contributed by atoms with van der Waals surface area (Å²) in [5.74, 6) is -1.94. The number of carboxylic acid groups (broad SMARTS) is 1. The van der Waals surface area contributed by atoms with Gasteiger partial charge < -0.3 is 5.11 Å². The molecule has 0 bridgehead atoms. The Morgan fingerprint density at radius 1 is 0.486 bits per heavy atom. The van der Waals surface area contributed by atoms with Gasteiger partial charge in [0.1, 0.15) is 0 Å². The number of carbonyl (C=O) groups is 4. The van der Waals surface area contributed by atoms with E-state index >= 15 is 0 Å². The van der Waals surface area contributed by atoms with Crippen molar-refractivity contribution >= 4 is 52.1 Å². The summed E-state index contributed by atoms with van der Waals surface area (Å²) in [6.07, 6.45) is 0. The molecule has 0 saturated carbocycles. The molecule has 0 radical (unpaired) electrons. The van der Waals surface area contributed by atoms with Crippen molar-refractivity contribution in [3.8, 4) is 0 Å². The second-order valence-corrected chi connectivity index (χ2v) is 12.8. The summed E-state index contributed by atoms with van der Waals surface area (Å²) in [4.78, 5) is 49.5. The summed E-state index contributed by atoms with van der Waals surface area (Å²) in [5.41, 5.74) is 0.756. The fraction of sp³-hybridized carbons (Fsp3) is 0.0968. The Morgan fingerprint density at radius 3 is 1.24 bits per heavy atom. The summed E-state index contributed by atoms with van der Waals surface area (Å²) in [5, 5.41) is 13.3. The highest BCUT2D eigenvalue weighted by Gasteiger charge is 2.42. The van der Waals surface area contributed by atoms with Gasteiger partial charge in [-0.05, 0) is 47.6 Å². The van der Waals surface area contributed by atoms with Crippen LogP contribution in [0.25, 0.3) is 0 Å².